The van der Waals surface area contributed by atoms with Crippen molar-refractivity contribution in [2.75, 3.05) is 6.54 Å². The minimum atomic E-state index is 0.182. The molecule has 1 aromatic rings. The molecule has 1 rings (SSSR count). The molecule has 0 radical (unpaired) electrons. The normalized spacial score (nSPS) is 14.4. The van der Waals surface area contributed by atoms with Gasteiger partial charge in [0.2, 0.25) is 0 Å². The fraction of sp³-hybridized carbons (Fsp3) is 0.684. The second-order valence-corrected chi connectivity index (χ2v) is 8.23. The van der Waals surface area contributed by atoms with Crippen LogP contribution in [-0.4, -0.2) is 6.54 Å². The summed E-state index contributed by atoms with van der Waals surface area (Å²) in [5, 5.41) is 0. The lowest BCUT2D eigenvalue weighted by molar-refractivity contribution is 0.501. The zero-order chi connectivity index (χ0) is 15.6. The molecule has 0 aliphatic carbocycles. The highest BCUT2D eigenvalue weighted by Crippen LogP contribution is 2.37. The average Bonchev–Trinajstić information content (AvgIpc) is 2.26. The van der Waals surface area contributed by atoms with Gasteiger partial charge in [0, 0.05) is 0 Å². The van der Waals surface area contributed by atoms with Crippen molar-refractivity contribution >= 4 is 0 Å². The molecule has 0 saturated heterocycles. The molecule has 0 saturated carbocycles. The Balaban J connectivity index is 3.31. The van der Waals surface area contributed by atoms with Gasteiger partial charge in [-0.25, -0.2) is 0 Å². The third-order valence-electron chi connectivity index (χ3n) is 3.94. The molecule has 1 aromatic carbocycles. The summed E-state index contributed by atoms with van der Waals surface area (Å²) in [6.07, 6.45) is 2.23. The fourth-order valence-electron chi connectivity index (χ4n) is 3.04. The van der Waals surface area contributed by atoms with Gasteiger partial charge in [0.05, 0.1) is 0 Å². The summed E-state index contributed by atoms with van der Waals surface area (Å²) < 4.78 is 0. The zero-order valence-corrected chi connectivity index (χ0v) is 14.5. The maximum atomic E-state index is 5.71. The molecule has 0 aromatic heterocycles. The molecule has 1 atom stereocenters. The van der Waals surface area contributed by atoms with Gasteiger partial charge in [0.15, 0.2) is 0 Å². The van der Waals surface area contributed by atoms with Gasteiger partial charge in [-0.3, -0.25) is 0 Å². The van der Waals surface area contributed by atoms with Crippen molar-refractivity contribution in [1.29, 1.82) is 0 Å². The molecular weight excluding hydrogens is 242 g/mol. The van der Waals surface area contributed by atoms with Crippen LogP contribution in [0, 0.1) is 5.92 Å². The van der Waals surface area contributed by atoms with Crippen LogP contribution in [0.4, 0.5) is 0 Å². The van der Waals surface area contributed by atoms with Gasteiger partial charge >= 0.3 is 0 Å². The van der Waals surface area contributed by atoms with Gasteiger partial charge in [-0.2, -0.15) is 0 Å². The van der Waals surface area contributed by atoms with E-state index in [2.05, 4.69) is 66.7 Å². The predicted octanol–water partition coefficient (Wildman–Crippen LogP) is 4.81. The summed E-state index contributed by atoms with van der Waals surface area (Å²) in [7, 11) is 0. The van der Waals surface area contributed by atoms with E-state index < -0.39 is 0 Å². The topological polar surface area (TPSA) is 26.0 Å². The maximum Gasteiger partial charge on any atom is -0.00746 e. The van der Waals surface area contributed by atoms with E-state index in [1.807, 2.05) is 0 Å². The highest BCUT2D eigenvalue weighted by molar-refractivity contribution is 5.43. The molecule has 1 nitrogen and oxygen atoms in total. The lowest BCUT2D eigenvalue weighted by atomic mass is 9.72. The van der Waals surface area contributed by atoms with Crippen LogP contribution in [0.15, 0.2) is 18.2 Å². The second kappa shape index (κ2) is 6.30. The van der Waals surface area contributed by atoms with E-state index in [0.29, 0.717) is 5.92 Å². The monoisotopic (exact) mass is 275 g/mol. The Morgan fingerprint density at radius 3 is 2.05 bits per heavy atom. The van der Waals surface area contributed by atoms with Crippen LogP contribution in [0.2, 0.25) is 0 Å². The summed E-state index contributed by atoms with van der Waals surface area (Å²) in [5.41, 5.74) is 10.6. The third kappa shape index (κ3) is 4.34. The molecular formula is C19H33N. The molecule has 2 N–H and O–H groups in total. The Kier molecular flexibility index (Phi) is 5.43. The van der Waals surface area contributed by atoms with Crippen LogP contribution in [0.25, 0.3) is 0 Å². The molecule has 0 fully saturated rings. The summed E-state index contributed by atoms with van der Waals surface area (Å²) in [5.74, 6) is 0.649. The number of nitrogens with two attached hydrogens (primary N) is 1. The van der Waals surface area contributed by atoms with E-state index >= 15 is 0 Å². The minimum absolute atomic E-state index is 0.182. The molecule has 0 heterocycles. The Bertz CT molecular complexity index is 432. The van der Waals surface area contributed by atoms with Crippen molar-refractivity contribution in [3.63, 3.8) is 0 Å². The van der Waals surface area contributed by atoms with Crippen LogP contribution in [0.5, 0.6) is 0 Å². The summed E-state index contributed by atoms with van der Waals surface area (Å²) in [6, 6.07) is 6.83. The van der Waals surface area contributed by atoms with E-state index in [9.17, 15) is 0 Å². The number of hydrogen-bond acceptors (Lipinski definition) is 1. The average molecular weight is 275 g/mol. The first-order valence-electron chi connectivity index (χ1n) is 7.90. The van der Waals surface area contributed by atoms with Crippen LogP contribution in [0.1, 0.15) is 71.6 Å². The first-order valence-corrected chi connectivity index (χ1v) is 7.90. The Morgan fingerprint density at radius 2 is 1.60 bits per heavy atom. The summed E-state index contributed by atoms with van der Waals surface area (Å²) in [4.78, 5) is 0. The molecule has 1 unspecified atom stereocenters. The molecule has 0 aliphatic rings. The lowest BCUT2D eigenvalue weighted by Crippen LogP contribution is -2.24. The SMILES string of the molecule is CC(CCN)Cc1cccc(C(C)(C)C)c1C(C)(C)C. The maximum absolute atomic E-state index is 5.71. The van der Waals surface area contributed by atoms with E-state index in [1.54, 1.807) is 0 Å². The third-order valence-corrected chi connectivity index (χ3v) is 3.94. The van der Waals surface area contributed by atoms with Gasteiger partial charge in [0.25, 0.3) is 0 Å². The smallest absolute Gasteiger partial charge is 0.00746 e. The molecule has 0 spiro atoms. The van der Waals surface area contributed by atoms with Gasteiger partial charge in [-0.1, -0.05) is 66.7 Å². The molecule has 114 valence electrons. The number of rotatable bonds is 4. The minimum Gasteiger partial charge on any atom is -0.330 e. The van der Waals surface area contributed by atoms with Gasteiger partial charge in [0.1, 0.15) is 0 Å². The molecule has 0 aliphatic heterocycles. The summed E-state index contributed by atoms with van der Waals surface area (Å²) in [6.45, 7) is 17.0. The number of hydrogen-bond donors (Lipinski definition) is 1. The summed E-state index contributed by atoms with van der Waals surface area (Å²) >= 11 is 0. The van der Waals surface area contributed by atoms with E-state index in [1.165, 1.54) is 16.7 Å². The quantitative estimate of drug-likeness (QED) is 0.838. The number of benzene rings is 1. The van der Waals surface area contributed by atoms with Crippen LogP contribution >= 0.6 is 0 Å². The van der Waals surface area contributed by atoms with Crippen molar-refractivity contribution in [1.82, 2.24) is 0 Å². The molecule has 0 bridgehead atoms. The molecule has 0 amide bonds. The Labute approximate surface area is 126 Å². The zero-order valence-electron chi connectivity index (χ0n) is 14.5. The fourth-order valence-corrected chi connectivity index (χ4v) is 3.04. The van der Waals surface area contributed by atoms with Crippen molar-refractivity contribution in [3.8, 4) is 0 Å². The van der Waals surface area contributed by atoms with Crippen molar-refractivity contribution in [2.45, 2.75) is 72.1 Å². The van der Waals surface area contributed by atoms with Crippen molar-refractivity contribution in [2.24, 2.45) is 11.7 Å². The van der Waals surface area contributed by atoms with Gasteiger partial charge in [-0.05, 0) is 52.8 Å². The predicted molar refractivity (Wildman–Crippen MR) is 90.4 cm³/mol. The Morgan fingerprint density at radius 1 is 1.00 bits per heavy atom. The first kappa shape index (κ1) is 17.2. The van der Waals surface area contributed by atoms with E-state index in [-0.39, 0.29) is 10.8 Å². The molecule has 20 heavy (non-hydrogen) atoms. The highest BCUT2D eigenvalue weighted by Gasteiger charge is 2.27. The van der Waals surface area contributed by atoms with E-state index in [4.69, 9.17) is 5.73 Å². The largest absolute Gasteiger partial charge is 0.330 e. The Hall–Kier alpha value is -0.820. The lowest BCUT2D eigenvalue weighted by Gasteiger charge is -2.33. The van der Waals surface area contributed by atoms with E-state index in [0.717, 1.165) is 19.4 Å². The standard InChI is InChI=1S/C19H33N/c1-14(11-12-20)13-15-9-8-10-16(18(2,3)4)17(15)19(5,6)7/h8-10,14H,11-13,20H2,1-7H3. The van der Waals surface area contributed by atoms with Crippen LogP contribution < -0.4 is 5.73 Å². The van der Waals surface area contributed by atoms with Crippen LogP contribution in [0.3, 0.4) is 0 Å². The second-order valence-electron chi connectivity index (χ2n) is 8.23. The van der Waals surface area contributed by atoms with Crippen LogP contribution in [-0.2, 0) is 17.3 Å². The van der Waals surface area contributed by atoms with Gasteiger partial charge in [-0.15, -0.1) is 0 Å². The first-order chi connectivity index (χ1) is 9.07. The van der Waals surface area contributed by atoms with Crippen molar-refractivity contribution < 1.29 is 0 Å². The van der Waals surface area contributed by atoms with Crippen molar-refractivity contribution in [3.05, 3.63) is 34.9 Å². The van der Waals surface area contributed by atoms with Gasteiger partial charge < -0.3 is 5.73 Å². The highest BCUT2D eigenvalue weighted by atomic mass is 14.5. The molecule has 1 heteroatoms.